The molecule has 5 atom stereocenters. The number of nitrogens with zero attached hydrogens (tertiary/aromatic N) is 2. The molecule has 12 nitrogen and oxygen atoms in total. The Morgan fingerprint density at radius 3 is 2.62 bits per heavy atom. The van der Waals surface area contributed by atoms with Gasteiger partial charge >= 0.3 is 5.97 Å². The number of aromatic nitrogens is 2. The van der Waals surface area contributed by atoms with E-state index in [0.717, 1.165) is 6.26 Å². The van der Waals surface area contributed by atoms with Gasteiger partial charge in [0.15, 0.2) is 29.2 Å². The minimum absolute atomic E-state index is 0.0576. The Morgan fingerprint density at radius 2 is 1.90 bits per heavy atom. The highest BCUT2D eigenvalue weighted by molar-refractivity contribution is 5.90. The predicted molar refractivity (Wildman–Crippen MR) is 167 cm³/mol. The van der Waals surface area contributed by atoms with Crippen LogP contribution >= 0.6 is 0 Å². The lowest BCUT2D eigenvalue weighted by molar-refractivity contribution is -0.135. The van der Waals surface area contributed by atoms with Gasteiger partial charge in [-0.05, 0) is 48.1 Å². The Labute approximate surface area is 275 Å². The second-order valence-electron chi connectivity index (χ2n) is 13.2. The number of esters is 1. The molecular formula is C35H35FN4O8. The van der Waals surface area contributed by atoms with E-state index in [4.69, 9.17) is 23.3 Å². The number of aliphatic hydroxyl groups excluding tert-OH is 1. The number of ether oxygens (including phenoxy) is 2. The van der Waals surface area contributed by atoms with Gasteiger partial charge in [0.2, 0.25) is 17.7 Å². The molecule has 1 amide bonds. The molecule has 4 aromatic rings. The number of oxazole rings is 2. The molecule has 0 saturated heterocycles. The van der Waals surface area contributed by atoms with E-state index >= 15 is 4.39 Å². The van der Waals surface area contributed by atoms with E-state index in [-0.39, 0.29) is 53.6 Å². The summed E-state index contributed by atoms with van der Waals surface area (Å²) in [5, 5.41) is 17.0. The summed E-state index contributed by atoms with van der Waals surface area (Å²) in [5.74, 6) is -2.72. The van der Waals surface area contributed by atoms with Gasteiger partial charge in [0, 0.05) is 29.2 Å². The number of fused-ring (bicyclic) bond motifs is 4. The zero-order chi connectivity index (χ0) is 34.1. The SMILES string of the molecule is COC(=O)c1coc(-c2nc3oc2C24c5cc(F)ccc5N[C@H]2Oc2ccc(cc24)CC(CC(=O)[C@@H](O)C(C)C)C(=O)N[C@H]3C(C)C)n1. The first kappa shape index (κ1) is 31.6. The lowest BCUT2D eigenvalue weighted by Crippen LogP contribution is -2.41. The number of anilines is 1. The van der Waals surface area contributed by atoms with E-state index in [9.17, 15) is 19.5 Å². The first-order chi connectivity index (χ1) is 22.9. The summed E-state index contributed by atoms with van der Waals surface area (Å²) in [6.07, 6.45) is -0.910. The number of Topliss-reactive ketones (excluding diaryl/α,β-unsaturated/α-hetero) is 1. The second kappa shape index (κ2) is 11.6. The monoisotopic (exact) mass is 658 g/mol. The Kier molecular flexibility index (Phi) is 7.61. The van der Waals surface area contributed by atoms with Crippen molar-refractivity contribution in [3.63, 3.8) is 0 Å². The van der Waals surface area contributed by atoms with Crippen LogP contribution in [0.3, 0.4) is 0 Å². The van der Waals surface area contributed by atoms with Gasteiger partial charge in [0.1, 0.15) is 35.4 Å². The van der Waals surface area contributed by atoms with Gasteiger partial charge in [-0.2, -0.15) is 0 Å². The molecule has 4 bridgehead atoms. The molecule has 3 aliphatic heterocycles. The van der Waals surface area contributed by atoms with E-state index in [1.54, 1.807) is 26.0 Å². The Balaban J connectivity index is 1.49. The van der Waals surface area contributed by atoms with Crippen molar-refractivity contribution in [1.29, 1.82) is 0 Å². The molecule has 2 aromatic heterocycles. The fraction of sp³-hybridized carbons (Fsp3) is 0.400. The van der Waals surface area contributed by atoms with Gasteiger partial charge in [-0.3, -0.25) is 9.59 Å². The predicted octanol–water partition coefficient (Wildman–Crippen LogP) is 4.70. The molecule has 7 rings (SSSR count). The first-order valence-corrected chi connectivity index (χ1v) is 15.9. The number of halogens is 1. The number of ketones is 1. The third kappa shape index (κ3) is 4.86. The molecule has 0 saturated carbocycles. The molecule has 0 aliphatic carbocycles. The van der Waals surface area contributed by atoms with Gasteiger partial charge in [0.05, 0.1) is 7.11 Å². The van der Waals surface area contributed by atoms with Gasteiger partial charge in [-0.25, -0.2) is 19.2 Å². The van der Waals surface area contributed by atoms with E-state index in [1.807, 2.05) is 26.0 Å². The van der Waals surface area contributed by atoms with Crippen molar-refractivity contribution in [3.8, 4) is 17.3 Å². The lowest BCUT2D eigenvalue weighted by atomic mass is 9.72. The summed E-state index contributed by atoms with van der Waals surface area (Å²) in [7, 11) is 1.22. The van der Waals surface area contributed by atoms with Gasteiger partial charge in [0.25, 0.3) is 0 Å². The minimum Gasteiger partial charge on any atom is -0.469 e. The maximum absolute atomic E-state index is 15.1. The van der Waals surface area contributed by atoms with Crippen molar-refractivity contribution in [1.82, 2.24) is 15.3 Å². The van der Waals surface area contributed by atoms with Gasteiger partial charge in [-0.1, -0.05) is 39.8 Å². The third-order valence-corrected chi connectivity index (χ3v) is 9.40. The summed E-state index contributed by atoms with van der Waals surface area (Å²) in [6, 6.07) is 9.04. The van der Waals surface area contributed by atoms with Crippen molar-refractivity contribution >= 4 is 23.3 Å². The van der Waals surface area contributed by atoms with Crippen molar-refractivity contribution in [2.45, 2.75) is 64.3 Å². The number of methoxy groups -OCH3 is 1. The Morgan fingerprint density at radius 1 is 1.10 bits per heavy atom. The highest BCUT2D eigenvalue weighted by Gasteiger charge is 2.61. The van der Waals surface area contributed by atoms with Crippen LogP contribution in [0.1, 0.15) is 79.0 Å². The summed E-state index contributed by atoms with van der Waals surface area (Å²) in [4.78, 5) is 48.7. The van der Waals surface area contributed by atoms with Gasteiger partial charge in [-0.15, -0.1) is 0 Å². The van der Waals surface area contributed by atoms with Crippen molar-refractivity contribution in [3.05, 3.63) is 82.5 Å². The Bertz CT molecular complexity index is 1950. The minimum atomic E-state index is -1.33. The van der Waals surface area contributed by atoms with Crippen molar-refractivity contribution in [2.75, 3.05) is 12.4 Å². The highest BCUT2D eigenvalue weighted by atomic mass is 19.1. The first-order valence-electron chi connectivity index (χ1n) is 15.9. The molecule has 3 N–H and O–H groups in total. The average molecular weight is 659 g/mol. The maximum Gasteiger partial charge on any atom is 0.360 e. The van der Waals surface area contributed by atoms with Crippen LogP contribution < -0.4 is 15.4 Å². The fourth-order valence-corrected chi connectivity index (χ4v) is 6.89. The second-order valence-corrected chi connectivity index (χ2v) is 13.2. The highest BCUT2D eigenvalue weighted by Crippen LogP contribution is 2.59. The van der Waals surface area contributed by atoms with E-state index in [1.165, 1.54) is 19.2 Å². The van der Waals surface area contributed by atoms with Crippen LogP contribution in [0.15, 0.2) is 51.5 Å². The average Bonchev–Trinajstić information content (AvgIpc) is 3.83. The smallest absolute Gasteiger partial charge is 0.360 e. The Hall–Kier alpha value is -5.04. The van der Waals surface area contributed by atoms with Gasteiger partial charge < -0.3 is 34.0 Å². The van der Waals surface area contributed by atoms with Crippen molar-refractivity contribution < 1.29 is 42.2 Å². The summed E-state index contributed by atoms with van der Waals surface area (Å²) >= 11 is 0. The molecule has 13 heteroatoms. The van der Waals surface area contributed by atoms with Crippen LogP contribution in [0.5, 0.6) is 5.75 Å². The number of hydrogen-bond acceptors (Lipinski definition) is 11. The standard InChI is InChI=1S/C35H35FN4O8/c1-15(2)26-32-40-27(31-37-23(14-46-31)33(44)45-5)29(48-32)35-20-13-19(36)7-8-22(20)38-34(35)47-25-9-6-17(11-21(25)35)10-18(30(43)39-26)12-24(41)28(42)16(3)4/h6-9,11,13-16,18,26,28,34,38,42H,10,12H2,1-5H3,(H,39,43)/t18?,26-,28-,34-,35?/m0/s1. The van der Waals surface area contributed by atoms with Crippen LogP contribution in [0.4, 0.5) is 10.1 Å². The number of rotatable bonds is 7. The van der Waals surface area contributed by atoms with Crippen LogP contribution in [0, 0.1) is 23.6 Å². The summed E-state index contributed by atoms with van der Waals surface area (Å²) < 4.78 is 38.9. The quantitative estimate of drug-likeness (QED) is 0.236. The molecule has 48 heavy (non-hydrogen) atoms. The van der Waals surface area contributed by atoms with Crippen LogP contribution in [0.2, 0.25) is 0 Å². The third-order valence-electron chi connectivity index (χ3n) is 9.40. The van der Waals surface area contributed by atoms with Crippen LogP contribution in [-0.4, -0.2) is 52.2 Å². The molecule has 1 spiro atoms. The fourth-order valence-electron chi connectivity index (χ4n) is 6.89. The number of nitrogens with one attached hydrogen (secondary N) is 2. The molecule has 2 unspecified atom stereocenters. The lowest BCUT2D eigenvalue weighted by Gasteiger charge is -2.28. The van der Waals surface area contributed by atoms with Crippen molar-refractivity contribution in [2.24, 2.45) is 17.8 Å². The van der Waals surface area contributed by atoms with Crippen LogP contribution in [0.25, 0.3) is 11.6 Å². The van der Waals surface area contributed by atoms with E-state index < -0.39 is 53.2 Å². The molecule has 0 radical (unpaired) electrons. The number of benzene rings is 2. The van der Waals surface area contributed by atoms with Crippen LogP contribution in [-0.2, 0) is 26.2 Å². The molecule has 250 valence electrons. The van der Waals surface area contributed by atoms with E-state index in [2.05, 4.69) is 15.6 Å². The number of aliphatic hydroxyl groups is 1. The topological polar surface area (TPSA) is 166 Å². The molecule has 2 aromatic carbocycles. The summed E-state index contributed by atoms with van der Waals surface area (Å²) in [6.45, 7) is 7.24. The molecule has 0 fully saturated rings. The normalized spacial score (nSPS) is 22.9. The number of carbonyl (C=O) groups is 3. The molecule has 3 aliphatic rings. The zero-order valence-corrected chi connectivity index (χ0v) is 27.0. The maximum atomic E-state index is 15.1. The molecular weight excluding hydrogens is 623 g/mol. The largest absolute Gasteiger partial charge is 0.469 e. The number of hydrogen-bond donors (Lipinski definition) is 3. The molecule has 5 heterocycles. The zero-order valence-electron chi connectivity index (χ0n) is 27.0. The number of carbonyl (C=O) groups excluding carboxylic acids is 3. The van der Waals surface area contributed by atoms with E-state index in [0.29, 0.717) is 28.1 Å². The summed E-state index contributed by atoms with van der Waals surface area (Å²) in [5.41, 5.74) is 1.14. The number of amides is 1.